The number of anilines is 2. The summed E-state index contributed by atoms with van der Waals surface area (Å²) in [6.45, 7) is 4.68. The number of nitrogens with one attached hydrogen (secondary N) is 1. The Morgan fingerprint density at radius 2 is 1.83 bits per heavy atom. The molecular weight excluding hydrogens is 470 g/mol. The second-order valence-corrected chi connectivity index (χ2v) is 10.6. The van der Waals surface area contributed by atoms with E-state index in [1.54, 1.807) is 12.1 Å². The molecule has 1 unspecified atom stereocenters. The SMILES string of the molecule is Cc1cc(Cl)ccc1C(=O)N1CCC[C@H](C(=O)Nc2cccc(N3CCCC3)c2)[C@@H]1C1C=CC=CC1. The highest BCUT2D eigenvalue weighted by molar-refractivity contribution is 6.30. The predicted octanol–water partition coefficient (Wildman–Crippen LogP) is 6.24. The summed E-state index contributed by atoms with van der Waals surface area (Å²) in [6.07, 6.45) is 13.2. The number of nitrogens with zero attached hydrogens (tertiary/aromatic N) is 2. The maximum absolute atomic E-state index is 13.8. The van der Waals surface area contributed by atoms with E-state index in [4.69, 9.17) is 11.6 Å². The zero-order chi connectivity index (χ0) is 25.1. The summed E-state index contributed by atoms with van der Waals surface area (Å²) in [5, 5.41) is 3.82. The molecule has 2 heterocycles. The van der Waals surface area contributed by atoms with Crippen LogP contribution in [0.3, 0.4) is 0 Å². The minimum Gasteiger partial charge on any atom is -0.371 e. The molecule has 5 rings (SSSR count). The Labute approximate surface area is 218 Å². The van der Waals surface area contributed by atoms with Crippen molar-refractivity contribution in [2.75, 3.05) is 29.9 Å². The Morgan fingerprint density at radius 3 is 2.58 bits per heavy atom. The molecule has 2 saturated heterocycles. The number of amides is 2. The second kappa shape index (κ2) is 10.9. The van der Waals surface area contributed by atoms with E-state index in [1.165, 1.54) is 12.8 Å². The fourth-order valence-electron chi connectivity index (χ4n) is 5.94. The van der Waals surface area contributed by atoms with Gasteiger partial charge in [0.05, 0.1) is 12.0 Å². The molecule has 2 aromatic rings. The molecule has 36 heavy (non-hydrogen) atoms. The number of carbonyl (C=O) groups is 2. The van der Waals surface area contributed by atoms with Crippen LogP contribution in [-0.4, -0.2) is 42.4 Å². The first-order valence-corrected chi connectivity index (χ1v) is 13.5. The van der Waals surface area contributed by atoms with Crippen molar-refractivity contribution in [1.82, 2.24) is 4.90 Å². The molecule has 1 N–H and O–H groups in total. The van der Waals surface area contributed by atoms with E-state index in [0.29, 0.717) is 17.1 Å². The van der Waals surface area contributed by atoms with Crippen LogP contribution in [-0.2, 0) is 4.79 Å². The van der Waals surface area contributed by atoms with E-state index in [9.17, 15) is 9.59 Å². The van der Waals surface area contributed by atoms with Gasteiger partial charge in [0.25, 0.3) is 5.91 Å². The van der Waals surface area contributed by atoms with Gasteiger partial charge in [-0.1, -0.05) is 42.0 Å². The number of piperidine rings is 1. The molecule has 0 bridgehead atoms. The lowest BCUT2D eigenvalue weighted by Crippen LogP contribution is -2.55. The maximum Gasteiger partial charge on any atom is 0.254 e. The van der Waals surface area contributed by atoms with Gasteiger partial charge < -0.3 is 15.1 Å². The summed E-state index contributed by atoms with van der Waals surface area (Å²) in [5.41, 5.74) is 3.48. The van der Waals surface area contributed by atoms with Crippen LogP contribution in [0.25, 0.3) is 0 Å². The van der Waals surface area contributed by atoms with Crippen molar-refractivity contribution < 1.29 is 9.59 Å². The van der Waals surface area contributed by atoms with Crippen molar-refractivity contribution in [3.8, 4) is 0 Å². The number of aryl methyl sites for hydroxylation is 1. The van der Waals surface area contributed by atoms with E-state index in [0.717, 1.165) is 49.3 Å². The van der Waals surface area contributed by atoms with Crippen LogP contribution in [0.4, 0.5) is 11.4 Å². The minimum absolute atomic E-state index is 0.00754. The Bertz CT molecular complexity index is 1180. The molecule has 2 amide bonds. The summed E-state index contributed by atoms with van der Waals surface area (Å²) in [4.78, 5) is 31.9. The first kappa shape index (κ1) is 24.6. The summed E-state index contributed by atoms with van der Waals surface area (Å²) in [5.74, 6) is -0.219. The van der Waals surface area contributed by atoms with E-state index in [-0.39, 0.29) is 29.7 Å². The Kier molecular flexibility index (Phi) is 7.47. The van der Waals surface area contributed by atoms with Crippen LogP contribution >= 0.6 is 11.6 Å². The highest BCUT2D eigenvalue weighted by Gasteiger charge is 2.42. The average Bonchev–Trinajstić information content (AvgIpc) is 3.44. The molecule has 3 atom stereocenters. The monoisotopic (exact) mass is 503 g/mol. The summed E-state index contributed by atoms with van der Waals surface area (Å²) >= 11 is 6.15. The lowest BCUT2D eigenvalue weighted by Gasteiger charge is -2.44. The van der Waals surface area contributed by atoms with E-state index >= 15 is 0 Å². The minimum atomic E-state index is -0.285. The predicted molar refractivity (Wildman–Crippen MR) is 147 cm³/mol. The van der Waals surface area contributed by atoms with Gasteiger partial charge in [-0.3, -0.25) is 9.59 Å². The number of hydrogen-bond acceptors (Lipinski definition) is 3. The third kappa shape index (κ3) is 5.22. The first-order chi connectivity index (χ1) is 17.5. The van der Waals surface area contributed by atoms with Crippen LogP contribution in [0.2, 0.25) is 5.02 Å². The zero-order valence-corrected chi connectivity index (χ0v) is 21.6. The van der Waals surface area contributed by atoms with Gasteiger partial charge in [-0.15, -0.1) is 0 Å². The number of benzene rings is 2. The first-order valence-electron chi connectivity index (χ1n) is 13.1. The fourth-order valence-corrected chi connectivity index (χ4v) is 6.16. The van der Waals surface area contributed by atoms with Crippen molar-refractivity contribution >= 4 is 34.8 Å². The van der Waals surface area contributed by atoms with E-state index < -0.39 is 0 Å². The summed E-state index contributed by atoms with van der Waals surface area (Å²) < 4.78 is 0. The van der Waals surface area contributed by atoms with Gasteiger partial charge in [0.2, 0.25) is 5.91 Å². The van der Waals surface area contributed by atoms with Crippen molar-refractivity contribution in [3.63, 3.8) is 0 Å². The number of carbonyl (C=O) groups excluding carboxylic acids is 2. The molecule has 5 nitrogen and oxygen atoms in total. The Balaban J connectivity index is 1.41. The third-order valence-corrected chi connectivity index (χ3v) is 7.98. The van der Waals surface area contributed by atoms with Gasteiger partial charge in [0, 0.05) is 47.5 Å². The lowest BCUT2D eigenvalue weighted by atomic mass is 9.77. The Hall–Kier alpha value is -3.05. The molecule has 2 fully saturated rings. The number of halogens is 1. The molecular formula is C30H34ClN3O2. The fraction of sp³-hybridized carbons (Fsp3) is 0.400. The smallest absolute Gasteiger partial charge is 0.254 e. The maximum atomic E-state index is 13.8. The third-order valence-electron chi connectivity index (χ3n) is 7.74. The Morgan fingerprint density at radius 1 is 1.00 bits per heavy atom. The lowest BCUT2D eigenvalue weighted by molar-refractivity contribution is -0.123. The largest absolute Gasteiger partial charge is 0.371 e. The average molecular weight is 504 g/mol. The van der Waals surface area contributed by atoms with E-state index in [2.05, 4.69) is 34.5 Å². The zero-order valence-electron chi connectivity index (χ0n) is 20.8. The van der Waals surface area contributed by atoms with Gasteiger partial charge in [-0.05, 0) is 81.0 Å². The molecule has 0 spiro atoms. The standard InChI is InChI=1S/C30H34ClN3O2/c1-21-19-23(31)14-15-26(21)30(36)34-18-8-13-27(28(34)22-9-3-2-4-10-22)29(35)32-24-11-7-12-25(20-24)33-16-5-6-17-33/h2-4,7,9,11-12,14-15,19-20,22,27-28H,5-6,8,10,13,16-18H2,1H3,(H,32,35)/t22?,27-,28-/m0/s1. The van der Waals surface area contributed by atoms with Gasteiger partial charge in [0.15, 0.2) is 0 Å². The number of rotatable bonds is 5. The number of allylic oxidation sites excluding steroid dienone is 3. The highest BCUT2D eigenvalue weighted by atomic mass is 35.5. The van der Waals surface area contributed by atoms with E-state index in [1.807, 2.05) is 42.2 Å². The number of likely N-dealkylation sites (tertiary alicyclic amines) is 1. The molecule has 0 aromatic heterocycles. The van der Waals surface area contributed by atoms with Gasteiger partial charge in [-0.25, -0.2) is 0 Å². The second-order valence-electron chi connectivity index (χ2n) is 10.1. The van der Waals surface area contributed by atoms with Crippen LogP contribution in [0.1, 0.15) is 48.0 Å². The topological polar surface area (TPSA) is 52.7 Å². The highest BCUT2D eigenvalue weighted by Crippen LogP contribution is 2.35. The molecule has 0 saturated carbocycles. The molecule has 0 radical (unpaired) electrons. The van der Waals surface area contributed by atoms with Crippen molar-refractivity contribution in [2.24, 2.45) is 11.8 Å². The van der Waals surface area contributed by atoms with Crippen LogP contribution in [0.5, 0.6) is 0 Å². The molecule has 1 aliphatic carbocycles. The van der Waals surface area contributed by atoms with Gasteiger partial charge in [0.1, 0.15) is 0 Å². The molecule has 3 aliphatic rings. The van der Waals surface area contributed by atoms with Gasteiger partial charge >= 0.3 is 0 Å². The van der Waals surface area contributed by atoms with Crippen LogP contribution in [0.15, 0.2) is 66.8 Å². The normalized spacial score (nSPS) is 23.7. The quantitative estimate of drug-likeness (QED) is 0.525. The summed E-state index contributed by atoms with van der Waals surface area (Å²) in [6, 6.07) is 13.3. The summed E-state index contributed by atoms with van der Waals surface area (Å²) in [7, 11) is 0. The van der Waals surface area contributed by atoms with Crippen molar-refractivity contribution in [3.05, 3.63) is 82.9 Å². The number of hydrogen-bond donors (Lipinski definition) is 1. The molecule has 2 aliphatic heterocycles. The van der Waals surface area contributed by atoms with Gasteiger partial charge in [-0.2, -0.15) is 0 Å². The van der Waals surface area contributed by atoms with Crippen LogP contribution < -0.4 is 10.2 Å². The molecule has 2 aromatic carbocycles. The van der Waals surface area contributed by atoms with Crippen molar-refractivity contribution in [1.29, 1.82) is 0 Å². The molecule has 6 heteroatoms. The van der Waals surface area contributed by atoms with Crippen LogP contribution in [0, 0.1) is 18.8 Å². The van der Waals surface area contributed by atoms with Crippen molar-refractivity contribution in [2.45, 2.75) is 45.1 Å². The molecule has 188 valence electrons.